The van der Waals surface area contributed by atoms with E-state index in [9.17, 15) is 0 Å². The predicted octanol–water partition coefficient (Wildman–Crippen LogP) is 1.61. The van der Waals surface area contributed by atoms with E-state index in [0.29, 0.717) is 0 Å². The highest BCUT2D eigenvalue weighted by atomic mass is 32.1. The number of piperidine rings is 1. The molecule has 1 N–H and O–H groups in total. The summed E-state index contributed by atoms with van der Waals surface area (Å²) >= 11 is 1.78. The van der Waals surface area contributed by atoms with Gasteiger partial charge in [0, 0.05) is 23.5 Å². The van der Waals surface area contributed by atoms with Crippen LogP contribution < -0.4 is 5.32 Å². The molecule has 1 aromatic rings. The van der Waals surface area contributed by atoms with Crippen LogP contribution >= 0.6 is 11.3 Å². The van der Waals surface area contributed by atoms with Gasteiger partial charge in [-0.1, -0.05) is 0 Å². The van der Waals surface area contributed by atoms with Crippen LogP contribution in [-0.2, 0) is 0 Å². The molecular weight excluding hydrogens is 156 g/mol. The average molecular weight is 168 g/mol. The SMILES string of the molecule is c1ncc([C@@H]2CCCNC2)s1. The Hall–Kier alpha value is -0.410. The third kappa shape index (κ3) is 1.60. The molecule has 1 fully saturated rings. The number of hydrogen-bond acceptors (Lipinski definition) is 3. The molecule has 1 saturated heterocycles. The van der Waals surface area contributed by atoms with Gasteiger partial charge in [0.25, 0.3) is 0 Å². The van der Waals surface area contributed by atoms with Crippen LogP contribution in [0, 0.1) is 0 Å². The van der Waals surface area contributed by atoms with Gasteiger partial charge in [0.1, 0.15) is 0 Å². The van der Waals surface area contributed by atoms with Gasteiger partial charge in [-0.15, -0.1) is 11.3 Å². The van der Waals surface area contributed by atoms with Gasteiger partial charge in [0.15, 0.2) is 0 Å². The zero-order valence-corrected chi connectivity index (χ0v) is 7.23. The summed E-state index contributed by atoms with van der Waals surface area (Å²) in [6, 6.07) is 0. The molecule has 1 aromatic heterocycles. The molecule has 0 spiro atoms. The summed E-state index contributed by atoms with van der Waals surface area (Å²) in [6.07, 6.45) is 4.64. The van der Waals surface area contributed by atoms with Crippen LogP contribution in [0.4, 0.5) is 0 Å². The molecule has 0 saturated carbocycles. The minimum atomic E-state index is 0.733. The Balaban J connectivity index is 2.04. The summed E-state index contributed by atoms with van der Waals surface area (Å²) in [7, 11) is 0. The van der Waals surface area contributed by atoms with Crippen LogP contribution in [-0.4, -0.2) is 18.1 Å². The third-order valence-corrected chi connectivity index (χ3v) is 3.09. The van der Waals surface area contributed by atoms with Crippen molar-refractivity contribution in [3.8, 4) is 0 Å². The molecule has 1 aliphatic rings. The van der Waals surface area contributed by atoms with Gasteiger partial charge >= 0.3 is 0 Å². The Bertz CT molecular complexity index is 202. The first-order chi connectivity index (χ1) is 5.47. The van der Waals surface area contributed by atoms with Crippen molar-refractivity contribution in [1.82, 2.24) is 10.3 Å². The Morgan fingerprint density at radius 1 is 1.64 bits per heavy atom. The molecule has 2 rings (SSSR count). The van der Waals surface area contributed by atoms with Gasteiger partial charge in [-0.2, -0.15) is 0 Å². The number of thiazole rings is 1. The van der Waals surface area contributed by atoms with Crippen molar-refractivity contribution in [2.45, 2.75) is 18.8 Å². The molecule has 0 radical (unpaired) electrons. The maximum absolute atomic E-state index is 4.09. The second-order valence-electron chi connectivity index (χ2n) is 2.95. The molecule has 0 unspecified atom stereocenters. The monoisotopic (exact) mass is 168 g/mol. The summed E-state index contributed by atoms with van der Waals surface area (Å²) < 4.78 is 0. The van der Waals surface area contributed by atoms with Crippen LogP contribution in [0.15, 0.2) is 11.7 Å². The number of nitrogens with one attached hydrogen (secondary N) is 1. The first-order valence-corrected chi connectivity index (χ1v) is 4.94. The summed E-state index contributed by atoms with van der Waals surface area (Å²) in [5, 5.41) is 3.40. The molecule has 1 aliphatic heterocycles. The minimum absolute atomic E-state index is 0.733. The van der Waals surface area contributed by atoms with Crippen LogP contribution in [0.3, 0.4) is 0 Å². The van der Waals surface area contributed by atoms with Gasteiger partial charge in [0.2, 0.25) is 0 Å². The second kappa shape index (κ2) is 3.32. The number of hydrogen-bond donors (Lipinski definition) is 1. The minimum Gasteiger partial charge on any atom is -0.316 e. The normalized spacial score (nSPS) is 25.3. The van der Waals surface area contributed by atoms with Crippen molar-refractivity contribution < 1.29 is 0 Å². The van der Waals surface area contributed by atoms with E-state index in [4.69, 9.17) is 0 Å². The molecular formula is C8H12N2S. The lowest BCUT2D eigenvalue weighted by atomic mass is 9.99. The smallest absolute Gasteiger partial charge is 0.0794 e. The molecule has 0 aliphatic carbocycles. The summed E-state index contributed by atoms with van der Waals surface area (Å²) in [6.45, 7) is 2.33. The maximum Gasteiger partial charge on any atom is 0.0794 e. The topological polar surface area (TPSA) is 24.9 Å². The van der Waals surface area contributed by atoms with Crippen LogP contribution in [0.1, 0.15) is 23.6 Å². The molecule has 0 aromatic carbocycles. The van der Waals surface area contributed by atoms with E-state index in [0.717, 1.165) is 12.5 Å². The molecule has 60 valence electrons. The molecule has 0 bridgehead atoms. The number of nitrogens with zero attached hydrogens (tertiary/aromatic N) is 1. The standard InChI is InChI=1S/C8H12N2S/c1-2-7(4-9-3-1)8-5-10-6-11-8/h5-7,9H,1-4H2/t7-/m1/s1. The zero-order valence-electron chi connectivity index (χ0n) is 6.42. The second-order valence-corrected chi connectivity index (χ2v) is 3.87. The van der Waals surface area contributed by atoms with Crippen LogP contribution in [0.25, 0.3) is 0 Å². The number of aromatic nitrogens is 1. The van der Waals surface area contributed by atoms with Crippen molar-refractivity contribution in [2.24, 2.45) is 0 Å². The van der Waals surface area contributed by atoms with E-state index < -0.39 is 0 Å². The first kappa shape index (κ1) is 7.25. The Morgan fingerprint density at radius 2 is 2.64 bits per heavy atom. The van der Waals surface area contributed by atoms with Crippen molar-refractivity contribution >= 4 is 11.3 Å². The van der Waals surface area contributed by atoms with E-state index in [1.54, 1.807) is 11.3 Å². The fraction of sp³-hybridized carbons (Fsp3) is 0.625. The fourth-order valence-electron chi connectivity index (χ4n) is 1.52. The van der Waals surface area contributed by atoms with E-state index >= 15 is 0 Å². The molecule has 1 atom stereocenters. The Labute approximate surface area is 70.7 Å². The van der Waals surface area contributed by atoms with Crippen molar-refractivity contribution in [1.29, 1.82) is 0 Å². The third-order valence-electron chi connectivity index (χ3n) is 2.15. The van der Waals surface area contributed by atoms with Crippen molar-refractivity contribution in [3.05, 3.63) is 16.6 Å². The maximum atomic E-state index is 4.09. The van der Waals surface area contributed by atoms with Gasteiger partial charge < -0.3 is 5.32 Å². The lowest BCUT2D eigenvalue weighted by molar-refractivity contribution is 0.466. The zero-order chi connectivity index (χ0) is 7.52. The Kier molecular flexibility index (Phi) is 2.19. The average Bonchev–Trinajstić information content (AvgIpc) is 2.58. The summed E-state index contributed by atoms with van der Waals surface area (Å²) in [5.74, 6) is 0.733. The summed E-state index contributed by atoms with van der Waals surface area (Å²) in [4.78, 5) is 5.53. The quantitative estimate of drug-likeness (QED) is 0.689. The van der Waals surface area contributed by atoms with E-state index in [1.165, 1.54) is 24.3 Å². The lowest BCUT2D eigenvalue weighted by Crippen LogP contribution is -2.27. The van der Waals surface area contributed by atoms with Crippen LogP contribution in [0.5, 0.6) is 0 Å². The van der Waals surface area contributed by atoms with Crippen molar-refractivity contribution in [3.63, 3.8) is 0 Å². The predicted molar refractivity (Wildman–Crippen MR) is 47.0 cm³/mol. The first-order valence-electron chi connectivity index (χ1n) is 4.06. The highest BCUT2D eigenvalue weighted by Crippen LogP contribution is 2.25. The Morgan fingerprint density at radius 3 is 3.27 bits per heavy atom. The molecule has 2 heterocycles. The van der Waals surface area contributed by atoms with Crippen LogP contribution in [0.2, 0.25) is 0 Å². The van der Waals surface area contributed by atoms with E-state index in [-0.39, 0.29) is 0 Å². The van der Waals surface area contributed by atoms with Gasteiger partial charge in [-0.25, -0.2) is 0 Å². The highest BCUT2D eigenvalue weighted by Gasteiger charge is 2.15. The van der Waals surface area contributed by atoms with E-state index in [2.05, 4.69) is 10.3 Å². The highest BCUT2D eigenvalue weighted by molar-refractivity contribution is 7.09. The molecule has 0 amide bonds. The molecule has 11 heavy (non-hydrogen) atoms. The molecule has 2 nitrogen and oxygen atoms in total. The van der Waals surface area contributed by atoms with Crippen molar-refractivity contribution in [2.75, 3.05) is 13.1 Å². The summed E-state index contributed by atoms with van der Waals surface area (Å²) in [5.41, 5.74) is 1.92. The lowest BCUT2D eigenvalue weighted by Gasteiger charge is -2.20. The van der Waals surface area contributed by atoms with Gasteiger partial charge in [-0.3, -0.25) is 4.98 Å². The molecule has 3 heteroatoms. The fourth-order valence-corrected chi connectivity index (χ4v) is 2.28. The largest absolute Gasteiger partial charge is 0.316 e. The van der Waals surface area contributed by atoms with Gasteiger partial charge in [0.05, 0.1) is 5.51 Å². The number of rotatable bonds is 1. The van der Waals surface area contributed by atoms with E-state index in [1.807, 2.05) is 11.7 Å². The van der Waals surface area contributed by atoms with Gasteiger partial charge in [-0.05, 0) is 19.4 Å².